The summed E-state index contributed by atoms with van der Waals surface area (Å²) in [6.45, 7) is 3.76. The highest BCUT2D eigenvalue weighted by molar-refractivity contribution is 5.98. The van der Waals surface area contributed by atoms with Crippen molar-refractivity contribution in [3.8, 4) is 0 Å². The van der Waals surface area contributed by atoms with Gasteiger partial charge in [0.1, 0.15) is 6.10 Å². The molecule has 2 aliphatic heterocycles. The van der Waals surface area contributed by atoms with Gasteiger partial charge in [-0.25, -0.2) is 0 Å². The van der Waals surface area contributed by atoms with Crippen LogP contribution in [0.15, 0.2) is 23.0 Å². The van der Waals surface area contributed by atoms with Crippen LogP contribution in [0.4, 0.5) is 0 Å². The molecule has 7 atom stereocenters. The number of rotatable bonds is 2. The van der Waals surface area contributed by atoms with Crippen molar-refractivity contribution in [2.75, 3.05) is 0 Å². The van der Waals surface area contributed by atoms with E-state index in [1.54, 1.807) is 6.07 Å². The number of aliphatic carboxylic acids is 1. The molecule has 2 aliphatic carbocycles. The van der Waals surface area contributed by atoms with Gasteiger partial charge in [-0.05, 0) is 36.2 Å². The van der Waals surface area contributed by atoms with Crippen molar-refractivity contribution in [2.45, 2.75) is 64.1 Å². The van der Waals surface area contributed by atoms with Crippen LogP contribution in [0, 0.1) is 28.6 Å². The van der Waals surface area contributed by atoms with Crippen LogP contribution in [0.1, 0.15) is 64.0 Å². The van der Waals surface area contributed by atoms with Crippen molar-refractivity contribution in [3.63, 3.8) is 0 Å². The summed E-state index contributed by atoms with van der Waals surface area (Å²) < 4.78 is 16.4. The highest BCUT2D eigenvalue weighted by Crippen LogP contribution is 2.67. The predicted molar refractivity (Wildman–Crippen MR) is 103 cm³/mol. The van der Waals surface area contributed by atoms with Crippen molar-refractivity contribution in [3.05, 3.63) is 24.2 Å². The van der Waals surface area contributed by atoms with Gasteiger partial charge >= 0.3 is 17.9 Å². The average Bonchev–Trinajstić information content (AvgIpc) is 3.34. The van der Waals surface area contributed by atoms with Gasteiger partial charge in [-0.15, -0.1) is 0 Å². The molecule has 166 valence electrons. The maximum atomic E-state index is 14.0. The SMILES string of the molecule is CC12CCC3C(=O)OC(c4ccoc4)CC3(C)C1C(=O)C1(CCC(=O)O1)CC2C(=O)O. The summed E-state index contributed by atoms with van der Waals surface area (Å²) in [7, 11) is 0. The summed E-state index contributed by atoms with van der Waals surface area (Å²) in [5.41, 5.74) is -2.37. The van der Waals surface area contributed by atoms with Crippen LogP contribution in [-0.2, 0) is 28.7 Å². The van der Waals surface area contributed by atoms with E-state index in [1.807, 2.05) is 13.8 Å². The smallest absolute Gasteiger partial charge is 0.310 e. The Balaban J connectivity index is 1.63. The Bertz CT molecular complexity index is 966. The summed E-state index contributed by atoms with van der Waals surface area (Å²) >= 11 is 0. The number of ketones is 1. The second-order valence-electron chi connectivity index (χ2n) is 10.1. The van der Waals surface area contributed by atoms with Gasteiger partial charge in [0.05, 0.1) is 24.4 Å². The van der Waals surface area contributed by atoms with E-state index in [0.29, 0.717) is 24.8 Å². The fourth-order valence-electron chi connectivity index (χ4n) is 7.05. The van der Waals surface area contributed by atoms with E-state index in [0.717, 1.165) is 0 Å². The minimum Gasteiger partial charge on any atom is -0.481 e. The third-order valence-corrected chi connectivity index (χ3v) is 8.55. The Morgan fingerprint density at radius 2 is 1.90 bits per heavy atom. The van der Waals surface area contributed by atoms with Crippen LogP contribution in [-0.4, -0.2) is 34.4 Å². The zero-order valence-electron chi connectivity index (χ0n) is 17.6. The van der Waals surface area contributed by atoms with E-state index in [1.165, 1.54) is 12.5 Å². The number of fused-ring (bicyclic) bond motifs is 3. The number of furan rings is 1. The first-order chi connectivity index (χ1) is 14.6. The second-order valence-corrected chi connectivity index (χ2v) is 10.1. The monoisotopic (exact) mass is 430 g/mol. The maximum absolute atomic E-state index is 14.0. The molecular formula is C23H26O8. The minimum atomic E-state index is -1.41. The maximum Gasteiger partial charge on any atom is 0.310 e. The number of carbonyl (C=O) groups excluding carboxylic acids is 3. The molecule has 0 aromatic carbocycles. The first kappa shape index (κ1) is 20.3. The molecule has 0 amide bonds. The molecule has 2 saturated carbocycles. The zero-order valence-corrected chi connectivity index (χ0v) is 17.6. The normalized spacial score (nSPS) is 44.4. The number of carboxylic acid groups (broad SMARTS) is 1. The van der Waals surface area contributed by atoms with Crippen molar-refractivity contribution in [1.82, 2.24) is 0 Å². The first-order valence-corrected chi connectivity index (χ1v) is 10.8. The summed E-state index contributed by atoms with van der Waals surface area (Å²) in [5.74, 6) is -4.16. The largest absolute Gasteiger partial charge is 0.481 e. The lowest BCUT2D eigenvalue weighted by Gasteiger charge is -2.62. The lowest BCUT2D eigenvalue weighted by molar-refractivity contribution is -0.216. The summed E-state index contributed by atoms with van der Waals surface area (Å²) in [6.07, 6.45) is 4.00. The van der Waals surface area contributed by atoms with Crippen molar-refractivity contribution in [1.29, 1.82) is 0 Å². The number of esters is 2. The first-order valence-electron chi connectivity index (χ1n) is 10.8. The van der Waals surface area contributed by atoms with Crippen LogP contribution in [0.3, 0.4) is 0 Å². The number of carbonyl (C=O) groups is 4. The van der Waals surface area contributed by atoms with Gasteiger partial charge in [0.15, 0.2) is 11.4 Å². The topological polar surface area (TPSA) is 120 Å². The van der Waals surface area contributed by atoms with Gasteiger partial charge in [-0.1, -0.05) is 13.8 Å². The van der Waals surface area contributed by atoms with Crippen molar-refractivity contribution >= 4 is 23.7 Å². The fourth-order valence-corrected chi connectivity index (χ4v) is 7.05. The third kappa shape index (κ3) is 2.66. The van der Waals surface area contributed by atoms with Gasteiger partial charge in [-0.3, -0.25) is 19.2 Å². The highest BCUT2D eigenvalue weighted by atomic mass is 16.6. The molecule has 1 aromatic heterocycles. The Morgan fingerprint density at radius 1 is 1.13 bits per heavy atom. The number of carboxylic acids is 1. The van der Waals surface area contributed by atoms with E-state index in [2.05, 4.69) is 0 Å². The molecule has 3 heterocycles. The Hall–Kier alpha value is -2.64. The van der Waals surface area contributed by atoms with E-state index >= 15 is 0 Å². The standard InChI is InChI=1S/C23H26O8/c1-21-6-3-13-20(28)30-15(12-5-8-29-11-12)10-22(13,2)17(21)18(25)23(7-4-16(24)31-23)9-14(21)19(26)27/h5,8,11,13-15,17H,3-4,6-7,9-10H2,1-2H3,(H,26,27). The molecule has 7 unspecified atom stereocenters. The number of cyclic esters (lactones) is 1. The van der Waals surface area contributed by atoms with Crippen LogP contribution < -0.4 is 0 Å². The fraction of sp³-hybridized carbons (Fsp3) is 0.652. The van der Waals surface area contributed by atoms with Crippen LogP contribution in [0.5, 0.6) is 0 Å². The average molecular weight is 430 g/mol. The zero-order chi connectivity index (χ0) is 22.2. The minimum absolute atomic E-state index is 0.00371. The Labute approximate surface area is 179 Å². The molecule has 8 nitrogen and oxygen atoms in total. The molecule has 1 spiro atoms. The molecule has 31 heavy (non-hydrogen) atoms. The third-order valence-electron chi connectivity index (χ3n) is 8.55. The van der Waals surface area contributed by atoms with Gasteiger partial charge in [-0.2, -0.15) is 0 Å². The van der Waals surface area contributed by atoms with E-state index < -0.39 is 52.2 Å². The van der Waals surface area contributed by atoms with Crippen molar-refractivity contribution in [2.24, 2.45) is 28.6 Å². The summed E-state index contributed by atoms with van der Waals surface area (Å²) in [5, 5.41) is 10.1. The Morgan fingerprint density at radius 3 is 2.52 bits per heavy atom. The molecule has 1 aromatic rings. The van der Waals surface area contributed by atoms with E-state index in [4.69, 9.17) is 13.9 Å². The molecule has 4 fully saturated rings. The van der Waals surface area contributed by atoms with Crippen molar-refractivity contribution < 1.29 is 38.2 Å². The van der Waals surface area contributed by atoms with Gasteiger partial charge < -0.3 is 19.0 Å². The number of ether oxygens (including phenoxy) is 2. The number of hydrogen-bond acceptors (Lipinski definition) is 7. The quantitative estimate of drug-likeness (QED) is 0.711. The molecule has 8 heteroatoms. The predicted octanol–water partition coefficient (Wildman–Crippen LogP) is 3.06. The van der Waals surface area contributed by atoms with Gasteiger partial charge in [0.25, 0.3) is 0 Å². The van der Waals surface area contributed by atoms with E-state index in [9.17, 15) is 24.3 Å². The van der Waals surface area contributed by atoms with Crippen LogP contribution >= 0.6 is 0 Å². The molecule has 2 saturated heterocycles. The lowest BCUT2D eigenvalue weighted by Crippen LogP contribution is -2.67. The summed E-state index contributed by atoms with van der Waals surface area (Å²) in [6, 6.07) is 1.73. The molecule has 5 rings (SSSR count). The van der Waals surface area contributed by atoms with Gasteiger partial charge in [0, 0.05) is 30.7 Å². The summed E-state index contributed by atoms with van der Waals surface area (Å²) in [4.78, 5) is 51.4. The molecular weight excluding hydrogens is 404 g/mol. The highest BCUT2D eigenvalue weighted by Gasteiger charge is 2.71. The van der Waals surface area contributed by atoms with Crippen LogP contribution in [0.2, 0.25) is 0 Å². The second kappa shape index (κ2) is 6.43. The van der Waals surface area contributed by atoms with E-state index in [-0.39, 0.29) is 31.0 Å². The molecule has 0 radical (unpaired) electrons. The lowest BCUT2D eigenvalue weighted by atomic mass is 9.41. The number of hydrogen-bond donors (Lipinski definition) is 1. The molecule has 1 N–H and O–H groups in total. The number of Topliss-reactive ketones (excluding diaryl/α,β-unsaturated/α-hetero) is 1. The van der Waals surface area contributed by atoms with Crippen LogP contribution in [0.25, 0.3) is 0 Å². The Kier molecular flexibility index (Phi) is 4.21. The molecule has 0 bridgehead atoms. The van der Waals surface area contributed by atoms with Gasteiger partial charge in [0.2, 0.25) is 0 Å². The molecule has 4 aliphatic rings.